The monoisotopic (exact) mass is 200 g/mol. The standard InChI is InChI=1S/C6H8N4S2/c1-3(8)9-5-4(2-7)12-6(11)10-5/h2H,1,7-8H2,(H,9,10,11)/b4-2+. The summed E-state index contributed by atoms with van der Waals surface area (Å²) in [5.74, 6) is 0.794. The van der Waals surface area contributed by atoms with Crippen LogP contribution >= 0.6 is 24.0 Å². The van der Waals surface area contributed by atoms with E-state index in [1.165, 1.54) is 18.0 Å². The Morgan fingerprint density at radius 2 is 2.42 bits per heavy atom. The maximum atomic E-state index is 5.33. The molecule has 0 amide bonds. The summed E-state index contributed by atoms with van der Waals surface area (Å²) in [4.78, 5) is 4.68. The third-order valence-electron chi connectivity index (χ3n) is 1.06. The second-order valence-corrected chi connectivity index (χ2v) is 3.72. The van der Waals surface area contributed by atoms with Crippen molar-refractivity contribution in [2.75, 3.05) is 0 Å². The van der Waals surface area contributed by atoms with E-state index in [4.69, 9.17) is 23.7 Å². The van der Waals surface area contributed by atoms with Crippen LogP contribution < -0.4 is 16.8 Å². The molecule has 0 saturated carbocycles. The van der Waals surface area contributed by atoms with Gasteiger partial charge in [0.15, 0.2) is 0 Å². The number of aliphatic imine (C=N–C) groups is 1. The highest BCUT2D eigenvalue weighted by Gasteiger charge is 2.19. The van der Waals surface area contributed by atoms with E-state index in [1.807, 2.05) is 0 Å². The lowest BCUT2D eigenvalue weighted by molar-refractivity contribution is 1.23. The molecule has 1 aliphatic rings. The van der Waals surface area contributed by atoms with Crippen molar-refractivity contribution in [1.29, 1.82) is 0 Å². The molecule has 1 rings (SSSR count). The highest BCUT2D eigenvalue weighted by molar-refractivity contribution is 8.26. The topological polar surface area (TPSA) is 76.4 Å². The van der Waals surface area contributed by atoms with Gasteiger partial charge in [-0.2, -0.15) is 0 Å². The number of thiocarbonyl (C=S) groups is 1. The van der Waals surface area contributed by atoms with Gasteiger partial charge in [0.1, 0.15) is 16.0 Å². The van der Waals surface area contributed by atoms with Crippen LogP contribution in [0, 0.1) is 0 Å². The van der Waals surface area contributed by atoms with Gasteiger partial charge in [-0.25, -0.2) is 4.99 Å². The molecule has 1 heterocycles. The lowest BCUT2D eigenvalue weighted by Gasteiger charge is -1.96. The first-order valence-corrected chi connectivity index (χ1v) is 4.30. The van der Waals surface area contributed by atoms with E-state index >= 15 is 0 Å². The molecule has 1 fully saturated rings. The Kier molecular flexibility index (Phi) is 2.72. The van der Waals surface area contributed by atoms with Gasteiger partial charge in [-0.05, 0) is 0 Å². The lowest BCUT2D eigenvalue weighted by atomic mass is 10.5. The van der Waals surface area contributed by atoms with Gasteiger partial charge in [0.2, 0.25) is 0 Å². The maximum absolute atomic E-state index is 5.33. The molecule has 5 N–H and O–H groups in total. The Hall–Kier alpha value is -1.01. The molecule has 0 atom stereocenters. The Balaban J connectivity index is 2.92. The molecule has 6 heteroatoms. The predicted molar refractivity (Wildman–Crippen MR) is 56.4 cm³/mol. The van der Waals surface area contributed by atoms with Gasteiger partial charge >= 0.3 is 0 Å². The van der Waals surface area contributed by atoms with Crippen LogP contribution in [0.5, 0.6) is 0 Å². The van der Waals surface area contributed by atoms with Crippen LogP contribution in [0.3, 0.4) is 0 Å². The normalized spacial score (nSPS) is 23.2. The van der Waals surface area contributed by atoms with Crippen LogP contribution in [0.2, 0.25) is 0 Å². The minimum atomic E-state index is 0.224. The molecule has 0 aromatic carbocycles. The second kappa shape index (κ2) is 3.59. The third kappa shape index (κ3) is 1.99. The average Bonchev–Trinajstić information content (AvgIpc) is 2.29. The summed E-state index contributed by atoms with van der Waals surface area (Å²) in [5.41, 5.74) is 10.6. The van der Waals surface area contributed by atoms with Gasteiger partial charge in [-0.1, -0.05) is 30.6 Å². The fraction of sp³-hybridized carbons (Fsp3) is 0. The number of rotatable bonds is 1. The van der Waals surface area contributed by atoms with Crippen LogP contribution in [0.1, 0.15) is 0 Å². The van der Waals surface area contributed by atoms with E-state index in [0.29, 0.717) is 10.2 Å². The first-order valence-electron chi connectivity index (χ1n) is 3.07. The first kappa shape index (κ1) is 9.08. The van der Waals surface area contributed by atoms with E-state index in [0.717, 1.165) is 4.91 Å². The smallest absolute Gasteiger partial charge is 0.149 e. The van der Waals surface area contributed by atoms with E-state index < -0.39 is 0 Å². The molecule has 1 aliphatic heterocycles. The fourth-order valence-electron chi connectivity index (χ4n) is 0.672. The number of nitrogens with one attached hydrogen (secondary N) is 1. The van der Waals surface area contributed by atoms with Crippen molar-refractivity contribution in [3.8, 4) is 0 Å². The molecule has 0 aromatic heterocycles. The molecule has 0 radical (unpaired) electrons. The molecule has 0 aliphatic carbocycles. The van der Waals surface area contributed by atoms with Crippen molar-refractivity contribution < 1.29 is 0 Å². The second-order valence-electron chi connectivity index (χ2n) is 2.00. The Labute approximate surface area is 79.8 Å². The number of hydrogen-bond donors (Lipinski definition) is 3. The molecule has 1 saturated heterocycles. The number of hydrogen-bond acceptors (Lipinski definition) is 5. The molecule has 64 valence electrons. The lowest BCUT2D eigenvalue weighted by Crippen LogP contribution is -2.19. The molecule has 0 unspecified atom stereocenters. The average molecular weight is 200 g/mol. The summed E-state index contributed by atoms with van der Waals surface area (Å²) in [6.07, 6.45) is 1.43. The Bertz CT molecular complexity index is 292. The van der Waals surface area contributed by atoms with Crippen molar-refractivity contribution in [2.45, 2.75) is 0 Å². The summed E-state index contributed by atoms with van der Waals surface area (Å²) in [7, 11) is 0. The first-order chi connectivity index (χ1) is 5.63. The number of thioether (sulfide) groups is 1. The highest BCUT2D eigenvalue weighted by atomic mass is 32.2. The summed E-state index contributed by atoms with van der Waals surface area (Å²) in [5, 5.41) is 2.84. The number of amidine groups is 1. The number of nitrogens with two attached hydrogens (primary N) is 2. The summed E-state index contributed by atoms with van der Waals surface area (Å²) in [6, 6.07) is 0. The van der Waals surface area contributed by atoms with Crippen LogP contribution in [0.4, 0.5) is 0 Å². The quantitative estimate of drug-likeness (QED) is 0.528. The van der Waals surface area contributed by atoms with Crippen LogP contribution in [0.15, 0.2) is 28.5 Å². The van der Waals surface area contributed by atoms with Gasteiger partial charge in [-0.3, -0.25) is 0 Å². The third-order valence-corrected chi connectivity index (χ3v) is 2.25. The minimum absolute atomic E-state index is 0.224. The van der Waals surface area contributed by atoms with Gasteiger partial charge < -0.3 is 16.8 Å². The zero-order valence-electron chi connectivity index (χ0n) is 6.20. The van der Waals surface area contributed by atoms with E-state index in [1.54, 1.807) is 0 Å². The van der Waals surface area contributed by atoms with Crippen molar-refractivity contribution in [1.82, 2.24) is 5.32 Å². The van der Waals surface area contributed by atoms with Crippen LogP contribution in [-0.4, -0.2) is 10.2 Å². The van der Waals surface area contributed by atoms with Crippen molar-refractivity contribution in [2.24, 2.45) is 16.5 Å². The summed E-state index contributed by atoms with van der Waals surface area (Å²) >= 11 is 6.24. The summed E-state index contributed by atoms with van der Waals surface area (Å²) in [6.45, 7) is 3.44. The largest absolute Gasteiger partial charge is 0.404 e. The van der Waals surface area contributed by atoms with Crippen LogP contribution in [-0.2, 0) is 0 Å². The minimum Gasteiger partial charge on any atom is -0.404 e. The maximum Gasteiger partial charge on any atom is 0.149 e. The Morgan fingerprint density at radius 3 is 2.92 bits per heavy atom. The molecular formula is C6H8N4S2. The summed E-state index contributed by atoms with van der Waals surface area (Å²) < 4.78 is 0.617. The van der Waals surface area contributed by atoms with Gasteiger partial charge in [0, 0.05) is 6.20 Å². The van der Waals surface area contributed by atoms with E-state index in [2.05, 4.69) is 16.9 Å². The molecule has 4 nitrogen and oxygen atoms in total. The molecule has 12 heavy (non-hydrogen) atoms. The van der Waals surface area contributed by atoms with Gasteiger partial charge in [-0.15, -0.1) is 0 Å². The van der Waals surface area contributed by atoms with Crippen molar-refractivity contribution in [3.63, 3.8) is 0 Å². The van der Waals surface area contributed by atoms with Crippen molar-refractivity contribution in [3.05, 3.63) is 23.5 Å². The van der Waals surface area contributed by atoms with Crippen LogP contribution in [0.25, 0.3) is 0 Å². The van der Waals surface area contributed by atoms with Crippen molar-refractivity contribution >= 4 is 34.1 Å². The predicted octanol–water partition coefficient (Wildman–Crippen LogP) is 0.236. The zero-order valence-corrected chi connectivity index (χ0v) is 7.84. The van der Waals surface area contributed by atoms with Gasteiger partial charge in [0.25, 0.3) is 0 Å². The zero-order chi connectivity index (χ0) is 9.14. The fourth-order valence-corrected chi connectivity index (χ4v) is 1.65. The number of nitrogens with zero attached hydrogens (tertiary/aromatic N) is 1. The molecular weight excluding hydrogens is 192 g/mol. The van der Waals surface area contributed by atoms with E-state index in [-0.39, 0.29) is 5.82 Å². The van der Waals surface area contributed by atoms with Gasteiger partial charge in [0.05, 0.1) is 4.91 Å². The molecule has 0 bridgehead atoms. The molecule has 0 spiro atoms. The molecule has 0 aromatic rings. The highest BCUT2D eigenvalue weighted by Crippen LogP contribution is 2.23. The Morgan fingerprint density at radius 1 is 1.75 bits per heavy atom. The van der Waals surface area contributed by atoms with E-state index in [9.17, 15) is 0 Å². The SMILES string of the molecule is C=C(N)/N=C1/NC(=S)S/C1=C/N.